The molecule has 122 valence electrons. The van der Waals surface area contributed by atoms with E-state index in [1.165, 1.54) is 12.8 Å². The number of carbonyl (C=O) groups is 1. The minimum absolute atomic E-state index is 0.0612. The predicted octanol–water partition coefficient (Wildman–Crippen LogP) is 1.71. The number of piperidine rings is 1. The lowest BCUT2D eigenvalue weighted by Crippen LogP contribution is -2.50. The van der Waals surface area contributed by atoms with Gasteiger partial charge in [-0.3, -0.25) is 0 Å². The van der Waals surface area contributed by atoms with E-state index in [0.717, 1.165) is 51.2 Å². The van der Waals surface area contributed by atoms with E-state index < -0.39 is 0 Å². The van der Waals surface area contributed by atoms with E-state index >= 15 is 0 Å². The van der Waals surface area contributed by atoms with Gasteiger partial charge in [-0.1, -0.05) is 6.92 Å². The molecule has 0 aromatic carbocycles. The Morgan fingerprint density at radius 1 is 1.29 bits per heavy atom. The molecular weight excluding hydrogens is 266 g/mol. The third-order valence-electron chi connectivity index (χ3n) is 4.68. The molecule has 2 aliphatic rings. The molecular formula is C16H31N3O2. The van der Waals surface area contributed by atoms with E-state index in [4.69, 9.17) is 0 Å². The van der Waals surface area contributed by atoms with Crippen LogP contribution in [0.15, 0.2) is 0 Å². The van der Waals surface area contributed by atoms with Gasteiger partial charge in [-0.15, -0.1) is 0 Å². The average Bonchev–Trinajstić information content (AvgIpc) is 2.41. The van der Waals surface area contributed by atoms with Gasteiger partial charge in [0.1, 0.15) is 0 Å². The molecule has 1 heterocycles. The van der Waals surface area contributed by atoms with Crippen LogP contribution < -0.4 is 10.6 Å². The Morgan fingerprint density at radius 2 is 2.00 bits per heavy atom. The topological polar surface area (TPSA) is 64.6 Å². The van der Waals surface area contributed by atoms with Gasteiger partial charge >= 0.3 is 6.03 Å². The number of nitrogens with zero attached hydrogens (tertiary/aromatic N) is 1. The number of urea groups is 1. The van der Waals surface area contributed by atoms with Gasteiger partial charge in [-0.2, -0.15) is 0 Å². The Hall–Kier alpha value is -0.810. The summed E-state index contributed by atoms with van der Waals surface area (Å²) >= 11 is 0. The minimum Gasteiger partial charge on any atom is -0.393 e. The van der Waals surface area contributed by atoms with E-state index in [-0.39, 0.29) is 24.2 Å². The Morgan fingerprint density at radius 3 is 2.67 bits per heavy atom. The Labute approximate surface area is 128 Å². The number of aliphatic hydroxyl groups is 1. The zero-order valence-corrected chi connectivity index (χ0v) is 13.5. The molecule has 0 aromatic heterocycles. The van der Waals surface area contributed by atoms with Gasteiger partial charge in [0, 0.05) is 25.2 Å². The molecule has 3 N–H and O–H groups in total. The van der Waals surface area contributed by atoms with Crippen molar-refractivity contribution in [3.05, 3.63) is 0 Å². The summed E-state index contributed by atoms with van der Waals surface area (Å²) < 4.78 is 0. The molecule has 1 aliphatic heterocycles. The van der Waals surface area contributed by atoms with Crippen molar-refractivity contribution in [3.8, 4) is 0 Å². The second-order valence-corrected chi connectivity index (χ2v) is 7.03. The third kappa shape index (κ3) is 5.83. The van der Waals surface area contributed by atoms with Crippen molar-refractivity contribution < 1.29 is 9.90 Å². The van der Waals surface area contributed by atoms with Crippen LogP contribution in [-0.4, -0.2) is 53.9 Å². The summed E-state index contributed by atoms with van der Waals surface area (Å²) in [5, 5.41) is 15.6. The number of amides is 2. The largest absolute Gasteiger partial charge is 0.393 e. The van der Waals surface area contributed by atoms with Crippen LogP contribution in [0.5, 0.6) is 0 Å². The summed E-state index contributed by atoms with van der Waals surface area (Å²) in [6.45, 7) is 7.60. The van der Waals surface area contributed by atoms with Crippen LogP contribution in [0, 0.1) is 5.92 Å². The standard InChI is InChI=1S/C16H31N3O2/c1-12-4-3-9-19(10-12)11-13(2)17-16(21)18-14-5-7-15(20)8-6-14/h12-15,20H,3-11H2,1-2H3,(H2,17,18,21). The molecule has 0 aromatic rings. The molecule has 2 amide bonds. The first-order chi connectivity index (χ1) is 10.0. The van der Waals surface area contributed by atoms with Crippen molar-refractivity contribution in [2.24, 2.45) is 5.92 Å². The molecule has 0 spiro atoms. The summed E-state index contributed by atoms with van der Waals surface area (Å²) in [5.41, 5.74) is 0. The maximum Gasteiger partial charge on any atom is 0.315 e. The number of nitrogens with one attached hydrogen (secondary N) is 2. The molecule has 2 rings (SSSR count). The van der Waals surface area contributed by atoms with Gasteiger partial charge in [0.2, 0.25) is 0 Å². The molecule has 2 atom stereocenters. The van der Waals surface area contributed by atoms with Crippen LogP contribution in [-0.2, 0) is 0 Å². The molecule has 21 heavy (non-hydrogen) atoms. The van der Waals surface area contributed by atoms with Gasteiger partial charge in [-0.05, 0) is 57.9 Å². The summed E-state index contributed by atoms with van der Waals surface area (Å²) in [4.78, 5) is 14.5. The maximum absolute atomic E-state index is 12.0. The van der Waals surface area contributed by atoms with Crippen molar-refractivity contribution in [2.75, 3.05) is 19.6 Å². The molecule has 2 unspecified atom stereocenters. The monoisotopic (exact) mass is 297 g/mol. The van der Waals surface area contributed by atoms with Crippen LogP contribution in [0.4, 0.5) is 4.79 Å². The van der Waals surface area contributed by atoms with Crippen molar-refractivity contribution in [1.29, 1.82) is 0 Å². The zero-order chi connectivity index (χ0) is 15.2. The minimum atomic E-state index is -0.175. The molecule has 2 fully saturated rings. The highest BCUT2D eigenvalue weighted by Gasteiger charge is 2.22. The highest BCUT2D eigenvalue weighted by Crippen LogP contribution is 2.18. The van der Waals surface area contributed by atoms with Gasteiger partial charge in [0.05, 0.1) is 6.10 Å². The first-order valence-corrected chi connectivity index (χ1v) is 8.50. The molecule has 5 nitrogen and oxygen atoms in total. The number of hydrogen-bond acceptors (Lipinski definition) is 3. The smallest absolute Gasteiger partial charge is 0.315 e. The van der Waals surface area contributed by atoms with Gasteiger partial charge in [0.25, 0.3) is 0 Å². The van der Waals surface area contributed by atoms with Gasteiger partial charge in [-0.25, -0.2) is 4.79 Å². The van der Waals surface area contributed by atoms with E-state index in [9.17, 15) is 9.90 Å². The lowest BCUT2D eigenvalue weighted by Gasteiger charge is -2.33. The first-order valence-electron chi connectivity index (χ1n) is 8.50. The van der Waals surface area contributed by atoms with Crippen molar-refractivity contribution >= 4 is 6.03 Å². The second-order valence-electron chi connectivity index (χ2n) is 7.03. The van der Waals surface area contributed by atoms with E-state index in [0.29, 0.717) is 0 Å². The fraction of sp³-hybridized carbons (Fsp3) is 0.938. The number of hydrogen-bond donors (Lipinski definition) is 3. The van der Waals surface area contributed by atoms with E-state index in [1.807, 2.05) is 0 Å². The number of likely N-dealkylation sites (tertiary alicyclic amines) is 1. The summed E-state index contributed by atoms with van der Waals surface area (Å²) in [6.07, 6.45) is 5.78. The molecule has 1 aliphatic carbocycles. The van der Waals surface area contributed by atoms with E-state index in [2.05, 4.69) is 29.4 Å². The molecule has 0 radical (unpaired) electrons. The average molecular weight is 297 g/mol. The number of aliphatic hydroxyl groups excluding tert-OH is 1. The van der Waals surface area contributed by atoms with Crippen LogP contribution in [0.1, 0.15) is 52.4 Å². The SMILES string of the molecule is CC1CCCN(CC(C)NC(=O)NC2CCC(O)CC2)C1. The second kappa shape index (κ2) is 7.99. The van der Waals surface area contributed by atoms with Crippen LogP contribution >= 0.6 is 0 Å². The van der Waals surface area contributed by atoms with E-state index in [1.54, 1.807) is 0 Å². The summed E-state index contributed by atoms with van der Waals surface area (Å²) in [6, 6.07) is 0.328. The predicted molar refractivity (Wildman–Crippen MR) is 84.2 cm³/mol. The maximum atomic E-state index is 12.0. The Bertz CT molecular complexity index is 329. The first kappa shape index (κ1) is 16.6. The van der Waals surface area contributed by atoms with Crippen LogP contribution in [0.2, 0.25) is 0 Å². The molecule has 1 saturated carbocycles. The van der Waals surface area contributed by atoms with Crippen molar-refractivity contribution in [2.45, 2.75) is 70.6 Å². The lowest BCUT2D eigenvalue weighted by atomic mass is 9.93. The van der Waals surface area contributed by atoms with Crippen molar-refractivity contribution in [1.82, 2.24) is 15.5 Å². The number of rotatable bonds is 4. The quantitative estimate of drug-likeness (QED) is 0.740. The molecule has 5 heteroatoms. The molecule has 1 saturated heterocycles. The van der Waals surface area contributed by atoms with Crippen LogP contribution in [0.3, 0.4) is 0 Å². The third-order valence-corrected chi connectivity index (χ3v) is 4.68. The summed E-state index contributed by atoms with van der Waals surface area (Å²) in [5.74, 6) is 0.772. The zero-order valence-electron chi connectivity index (χ0n) is 13.5. The lowest BCUT2D eigenvalue weighted by molar-refractivity contribution is 0.117. The fourth-order valence-corrected chi connectivity index (χ4v) is 3.56. The highest BCUT2D eigenvalue weighted by atomic mass is 16.3. The number of carbonyl (C=O) groups excluding carboxylic acids is 1. The van der Waals surface area contributed by atoms with Crippen LogP contribution in [0.25, 0.3) is 0 Å². The highest BCUT2D eigenvalue weighted by molar-refractivity contribution is 5.74. The molecule has 0 bridgehead atoms. The van der Waals surface area contributed by atoms with Gasteiger partial charge < -0.3 is 20.6 Å². The normalized spacial score (nSPS) is 32.4. The Kier molecular flexibility index (Phi) is 6.30. The van der Waals surface area contributed by atoms with Gasteiger partial charge in [0.15, 0.2) is 0 Å². The fourth-order valence-electron chi connectivity index (χ4n) is 3.56. The summed E-state index contributed by atoms with van der Waals surface area (Å²) in [7, 11) is 0. The van der Waals surface area contributed by atoms with Crippen molar-refractivity contribution in [3.63, 3.8) is 0 Å². The Balaban J connectivity index is 1.64.